The molecule has 0 aliphatic rings. The summed E-state index contributed by atoms with van der Waals surface area (Å²) in [6.07, 6.45) is 5.28. The third-order valence-corrected chi connectivity index (χ3v) is 4.75. The molecule has 0 aliphatic carbocycles. The van der Waals surface area contributed by atoms with Crippen molar-refractivity contribution < 1.29 is 5.11 Å². The van der Waals surface area contributed by atoms with Crippen molar-refractivity contribution in [1.82, 2.24) is 25.0 Å². The van der Waals surface area contributed by atoms with Crippen molar-refractivity contribution in [2.45, 2.75) is 13.0 Å². The smallest absolute Gasteiger partial charge is 0.154 e. The van der Waals surface area contributed by atoms with E-state index in [1.165, 1.54) is 0 Å². The van der Waals surface area contributed by atoms with Crippen LogP contribution in [-0.4, -0.2) is 30.1 Å². The number of pyridine rings is 1. The number of halogens is 1. The number of phenols is 1. The quantitative estimate of drug-likeness (QED) is 0.510. The minimum absolute atomic E-state index is 0.0390. The molecule has 4 aromatic rings. The van der Waals surface area contributed by atoms with Crippen molar-refractivity contribution in [3.8, 4) is 28.1 Å². The summed E-state index contributed by atoms with van der Waals surface area (Å²) in [6.45, 7) is 2.02. The van der Waals surface area contributed by atoms with Crippen LogP contribution >= 0.6 is 11.6 Å². The molecule has 1 atom stereocenters. The molecular weight excluding hydrogens is 376 g/mol. The maximum absolute atomic E-state index is 10.1. The number of rotatable bonds is 4. The van der Waals surface area contributed by atoms with Gasteiger partial charge in [0, 0.05) is 29.1 Å². The molecule has 140 valence electrons. The number of nitrogens with two attached hydrogens (primary N) is 1. The van der Waals surface area contributed by atoms with Crippen LogP contribution in [0.2, 0.25) is 5.15 Å². The van der Waals surface area contributed by atoms with E-state index in [1.54, 1.807) is 36.7 Å². The van der Waals surface area contributed by atoms with Gasteiger partial charge in [0.05, 0.1) is 17.9 Å². The van der Waals surface area contributed by atoms with E-state index in [0.29, 0.717) is 27.8 Å². The number of benzene rings is 1. The van der Waals surface area contributed by atoms with Gasteiger partial charge in [0.15, 0.2) is 5.82 Å². The first kappa shape index (κ1) is 17.9. The average Bonchev–Trinajstić information content (AvgIpc) is 3.18. The molecule has 1 unspecified atom stereocenters. The standard InChI is InChI=1S/C20H17ClN6O/c1-12(13-6-7-23-19(21)8-13)27-11-14(10-24-27)16-9-17(25-26-20(16)22)15-4-2-3-5-18(15)28/h2-12,28H,1H3,(H2,22,26). The Kier molecular flexibility index (Phi) is 4.67. The van der Waals surface area contributed by atoms with Crippen LogP contribution in [-0.2, 0) is 0 Å². The van der Waals surface area contributed by atoms with Gasteiger partial charge in [-0.25, -0.2) is 4.98 Å². The highest BCUT2D eigenvalue weighted by molar-refractivity contribution is 6.29. The summed E-state index contributed by atoms with van der Waals surface area (Å²) in [5, 5.41) is 23.1. The van der Waals surface area contributed by atoms with E-state index in [1.807, 2.05) is 36.0 Å². The van der Waals surface area contributed by atoms with Gasteiger partial charge in [0.2, 0.25) is 0 Å². The van der Waals surface area contributed by atoms with Crippen LogP contribution in [0.1, 0.15) is 18.5 Å². The van der Waals surface area contributed by atoms with E-state index in [0.717, 1.165) is 11.1 Å². The lowest BCUT2D eigenvalue weighted by atomic mass is 10.1. The second kappa shape index (κ2) is 7.28. The normalized spacial score (nSPS) is 12.1. The molecule has 0 spiro atoms. The predicted octanol–water partition coefficient (Wildman–Crippen LogP) is 3.95. The lowest BCUT2D eigenvalue weighted by Gasteiger charge is -2.12. The number of aromatic hydroxyl groups is 1. The topological polar surface area (TPSA) is 103 Å². The molecule has 3 heterocycles. The zero-order valence-corrected chi connectivity index (χ0v) is 15.7. The fraction of sp³-hybridized carbons (Fsp3) is 0.100. The van der Waals surface area contributed by atoms with Gasteiger partial charge in [-0.1, -0.05) is 23.7 Å². The monoisotopic (exact) mass is 392 g/mol. The summed E-state index contributed by atoms with van der Waals surface area (Å²) in [7, 11) is 0. The molecule has 4 rings (SSSR count). The third-order valence-electron chi connectivity index (χ3n) is 4.54. The summed E-state index contributed by atoms with van der Waals surface area (Å²) < 4.78 is 1.82. The van der Waals surface area contributed by atoms with Crippen molar-refractivity contribution in [3.63, 3.8) is 0 Å². The van der Waals surface area contributed by atoms with Crippen LogP contribution in [0.25, 0.3) is 22.4 Å². The van der Waals surface area contributed by atoms with E-state index < -0.39 is 0 Å². The molecule has 0 radical (unpaired) electrons. The highest BCUT2D eigenvalue weighted by Crippen LogP contribution is 2.32. The number of aromatic nitrogens is 5. The summed E-state index contributed by atoms with van der Waals surface area (Å²) in [5.74, 6) is 0.421. The molecule has 0 bridgehead atoms. The van der Waals surface area contributed by atoms with Gasteiger partial charge in [-0.15, -0.1) is 10.2 Å². The number of hydrogen-bond acceptors (Lipinski definition) is 6. The van der Waals surface area contributed by atoms with Gasteiger partial charge in [0.1, 0.15) is 10.9 Å². The lowest BCUT2D eigenvalue weighted by molar-refractivity contribution is 0.477. The van der Waals surface area contributed by atoms with Gasteiger partial charge in [-0.3, -0.25) is 4.68 Å². The molecule has 3 aromatic heterocycles. The number of nitrogens with zero attached hydrogens (tertiary/aromatic N) is 5. The van der Waals surface area contributed by atoms with Gasteiger partial charge in [-0.2, -0.15) is 5.10 Å². The third kappa shape index (κ3) is 3.39. The Morgan fingerprint density at radius 1 is 1.11 bits per heavy atom. The highest BCUT2D eigenvalue weighted by atomic mass is 35.5. The second-order valence-electron chi connectivity index (χ2n) is 6.34. The second-order valence-corrected chi connectivity index (χ2v) is 6.73. The van der Waals surface area contributed by atoms with Crippen LogP contribution in [0.4, 0.5) is 5.82 Å². The molecular formula is C20H17ClN6O. The minimum Gasteiger partial charge on any atom is -0.507 e. The van der Waals surface area contributed by atoms with E-state index in [9.17, 15) is 5.11 Å². The number of para-hydroxylation sites is 1. The number of hydrogen-bond donors (Lipinski definition) is 2. The maximum Gasteiger partial charge on any atom is 0.154 e. The molecule has 0 saturated heterocycles. The first-order valence-corrected chi connectivity index (χ1v) is 8.98. The first-order valence-electron chi connectivity index (χ1n) is 8.60. The molecule has 28 heavy (non-hydrogen) atoms. The van der Waals surface area contributed by atoms with Crippen molar-refractivity contribution >= 4 is 17.4 Å². The highest BCUT2D eigenvalue weighted by Gasteiger charge is 2.15. The van der Waals surface area contributed by atoms with Crippen LogP contribution in [0, 0.1) is 0 Å². The molecule has 0 saturated carbocycles. The Hall–Kier alpha value is -3.45. The molecule has 8 heteroatoms. The van der Waals surface area contributed by atoms with Crippen LogP contribution in [0.5, 0.6) is 5.75 Å². The largest absolute Gasteiger partial charge is 0.507 e. The van der Waals surface area contributed by atoms with Gasteiger partial charge < -0.3 is 10.8 Å². The van der Waals surface area contributed by atoms with E-state index >= 15 is 0 Å². The maximum atomic E-state index is 10.1. The summed E-state index contributed by atoms with van der Waals surface area (Å²) in [6, 6.07) is 12.4. The fourth-order valence-electron chi connectivity index (χ4n) is 2.97. The zero-order chi connectivity index (χ0) is 19.7. The average molecular weight is 393 g/mol. The number of phenolic OH excluding ortho intramolecular Hbond substituents is 1. The summed E-state index contributed by atoms with van der Waals surface area (Å²) in [5.41, 5.74) is 9.66. The Bertz CT molecular complexity index is 1140. The molecule has 1 aromatic carbocycles. The Labute approximate surface area is 166 Å². The van der Waals surface area contributed by atoms with Gasteiger partial charge in [-0.05, 0) is 42.8 Å². The van der Waals surface area contributed by atoms with E-state index in [2.05, 4.69) is 20.3 Å². The molecule has 0 amide bonds. The van der Waals surface area contributed by atoms with Crippen molar-refractivity contribution in [2.75, 3.05) is 5.73 Å². The van der Waals surface area contributed by atoms with Crippen molar-refractivity contribution in [3.05, 3.63) is 71.8 Å². The Balaban J connectivity index is 1.71. The van der Waals surface area contributed by atoms with Gasteiger partial charge >= 0.3 is 0 Å². The van der Waals surface area contributed by atoms with Crippen molar-refractivity contribution in [2.24, 2.45) is 0 Å². The fourth-order valence-corrected chi connectivity index (χ4v) is 3.16. The molecule has 7 nitrogen and oxygen atoms in total. The summed E-state index contributed by atoms with van der Waals surface area (Å²) >= 11 is 5.99. The Morgan fingerprint density at radius 2 is 1.93 bits per heavy atom. The molecule has 0 aliphatic heterocycles. The molecule has 3 N–H and O–H groups in total. The lowest BCUT2D eigenvalue weighted by Crippen LogP contribution is -2.07. The molecule has 0 fully saturated rings. The van der Waals surface area contributed by atoms with E-state index in [4.69, 9.17) is 17.3 Å². The van der Waals surface area contributed by atoms with Crippen LogP contribution in [0.15, 0.2) is 61.1 Å². The summed E-state index contributed by atoms with van der Waals surface area (Å²) in [4.78, 5) is 4.01. The minimum atomic E-state index is -0.0390. The van der Waals surface area contributed by atoms with E-state index in [-0.39, 0.29) is 11.8 Å². The number of nitrogen functional groups attached to an aromatic ring is 1. The first-order chi connectivity index (χ1) is 13.5. The Morgan fingerprint density at radius 3 is 2.71 bits per heavy atom. The zero-order valence-electron chi connectivity index (χ0n) is 15.0. The number of anilines is 1. The SMILES string of the molecule is CC(c1ccnc(Cl)c1)n1cc(-c2cc(-c3ccccc3O)nnc2N)cn1. The van der Waals surface area contributed by atoms with Crippen LogP contribution in [0.3, 0.4) is 0 Å². The van der Waals surface area contributed by atoms with Gasteiger partial charge in [0.25, 0.3) is 0 Å². The van der Waals surface area contributed by atoms with Crippen molar-refractivity contribution in [1.29, 1.82) is 0 Å². The predicted molar refractivity (Wildman–Crippen MR) is 108 cm³/mol. The van der Waals surface area contributed by atoms with Crippen LogP contribution < -0.4 is 5.73 Å².